The third-order valence-corrected chi connectivity index (χ3v) is 5.09. The molecule has 3 rings (SSSR count). The predicted octanol–water partition coefficient (Wildman–Crippen LogP) is 4.10. The van der Waals surface area contributed by atoms with E-state index in [0.717, 1.165) is 25.7 Å². The van der Waals surface area contributed by atoms with E-state index < -0.39 is 12.1 Å². The molecule has 1 N–H and O–H groups in total. The molecule has 4 nitrogen and oxygen atoms in total. The van der Waals surface area contributed by atoms with Gasteiger partial charge >= 0.3 is 5.97 Å². The molecule has 1 aliphatic rings. The van der Waals surface area contributed by atoms with E-state index in [9.17, 15) is 9.59 Å². The van der Waals surface area contributed by atoms with E-state index in [0.29, 0.717) is 10.4 Å². The minimum absolute atomic E-state index is 0.179. The molecular formula is C19H21NO3S. The largest absolute Gasteiger partial charge is 0.443 e. The lowest BCUT2D eigenvalue weighted by molar-refractivity contribution is -0.131. The van der Waals surface area contributed by atoms with E-state index >= 15 is 0 Å². The lowest BCUT2D eigenvalue weighted by Crippen LogP contribution is -2.40. The summed E-state index contributed by atoms with van der Waals surface area (Å²) in [6.07, 6.45) is 4.56. The van der Waals surface area contributed by atoms with Crippen LogP contribution in [0, 0.1) is 0 Å². The normalized spacial score (nSPS) is 16.3. The Balaban J connectivity index is 1.74. The zero-order valence-corrected chi connectivity index (χ0v) is 14.3. The Kier molecular flexibility index (Phi) is 5.64. The van der Waals surface area contributed by atoms with Crippen molar-refractivity contribution in [2.75, 3.05) is 0 Å². The van der Waals surface area contributed by atoms with Crippen molar-refractivity contribution < 1.29 is 14.3 Å². The fourth-order valence-corrected chi connectivity index (χ4v) is 3.59. The number of hydrogen-bond acceptors (Lipinski definition) is 4. The molecule has 0 aliphatic heterocycles. The van der Waals surface area contributed by atoms with Crippen molar-refractivity contribution in [1.29, 1.82) is 0 Å². The van der Waals surface area contributed by atoms with Crippen molar-refractivity contribution in [2.24, 2.45) is 0 Å². The van der Waals surface area contributed by atoms with Crippen LogP contribution in [0.1, 0.15) is 53.4 Å². The zero-order chi connectivity index (χ0) is 16.8. The first-order valence-corrected chi connectivity index (χ1v) is 9.22. The molecule has 5 heteroatoms. The predicted molar refractivity (Wildman–Crippen MR) is 93.9 cm³/mol. The van der Waals surface area contributed by atoms with Crippen molar-refractivity contribution >= 4 is 23.2 Å². The maximum atomic E-state index is 12.7. The van der Waals surface area contributed by atoms with E-state index in [1.165, 1.54) is 17.8 Å². The maximum absolute atomic E-state index is 12.7. The van der Waals surface area contributed by atoms with Gasteiger partial charge in [-0.1, -0.05) is 55.7 Å². The monoisotopic (exact) mass is 343 g/mol. The van der Waals surface area contributed by atoms with Gasteiger partial charge in [0.25, 0.3) is 5.91 Å². The van der Waals surface area contributed by atoms with Crippen LogP contribution in [0.4, 0.5) is 0 Å². The van der Waals surface area contributed by atoms with Gasteiger partial charge in [0.15, 0.2) is 0 Å². The molecule has 1 amide bonds. The van der Waals surface area contributed by atoms with E-state index in [-0.39, 0.29) is 11.9 Å². The molecule has 2 aromatic rings. The molecule has 0 spiro atoms. The Morgan fingerprint density at radius 3 is 2.46 bits per heavy atom. The van der Waals surface area contributed by atoms with Crippen molar-refractivity contribution in [3.63, 3.8) is 0 Å². The summed E-state index contributed by atoms with van der Waals surface area (Å²) in [4.78, 5) is 25.5. The summed E-state index contributed by atoms with van der Waals surface area (Å²) in [6, 6.07) is 12.9. The average molecular weight is 343 g/mol. The smallest absolute Gasteiger partial charge is 0.349 e. The first kappa shape index (κ1) is 16.7. The van der Waals surface area contributed by atoms with Gasteiger partial charge in [0.1, 0.15) is 4.88 Å². The molecule has 1 saturated carbocycles. The molecule has 1 heterocycles. The highest BCUT2D eigenvalue weighted by Gasteiger charge is 2.28. The Bertz CT molecular complexity index is 663. The lowest BCUT2D eigenvalue weighted by atomic mass is 9.95. The first-order valence-electron chi connectivity index (χ1n) is 8.34. The lowest BCUT2D eigenvalue weighted by Gasteiger charge is -2.25. The highest BCUT2D eigenvalue weighted by Crippen LogP contribution is 2.23. The van der Waals surface area contributed by atoms with Gasteiger partial charge in [-0.05, 0) is 24.3 Å². The number of thiophene rings is 1. The Morgan fingerprint density at radius 2 is 1.79 bits per heavy atom. The summed E-state index contributed by atoms with van der Waals surface area (Å²) in [5.41, 5.74) is 0.690. The number of carbonyl (C=O) groups is 2. The quantitative estimate of drug-likeness (QED) is 0.832. The molecule has 1 fully saturated rings. The summed E-state index contributed by atoms with van der Waals surface area (Å²) in [6.45, 7) is 0. The van der Waals surface area contributed by atoms with Gasteiger partial charge in [0.2, 0.25) is 6.10 Å². The summed E-state index contributed by atoms with van der Waals surface area (Å²) >= 11 is 1.31. The maximum Gasteiger partial charge on any atom is 0.349 e. The van der Waals surface area contributed by atoms with Crippen LogP contribution < -0.4 is 5.32 Å². The van der Waals surface area contributed by atoms with Crippen LogP contribution in [-0.4, -0.2) is 17.9 Å². The van der Waals surface area contributed by atoms with Gasteiger partial charge in [0.05, 0.1) is 0 Å². The molecule has 1 aliphatic carbocycles. The number of benzene rings is 1. The number of ether oxygens (including phenoxy) is 1. The van der Waals surface area contributed by atoms with E-state index in [4.69, 9.17) is 4.74 Å². The van der Waals surface area contributed by atoms with Crippen LogP contribution in [0.5, 0.6) is 0 Å². The Hall–Kier alpha value is -2.14. The molecule has 0 unspecified atom stereocenters. The summed E-state index contributed by atoms with van der Waals surface area (Å²) in [5, 5.41) is 4.87. The molecule has 0 bridgehead atoms. The first-order chi connectivity index (χ1) is 11.7. The second-order valence-electron chi connectivity index (χ2n) is 6.02. The summed E-state index contributed by atoms with van der Waals surface area (Å²) in [5.74, 6) is -0.698. The van der Waals surface area contributed by atoms with Gasteiger partial charge in [-0.2, -0.15) is 0 Å². The third-order valence-electron chi connectivity index (χ3n) is 4.24. The van der Waals surface area contributed by atoms with Crippen LogP contribution in [-0.2, 0) is 9.53 Å². The number of rotatable bonds is 5. The fraction of sp³-hybridized carbons (Fsp3) is 0.368. The topological polar surface area (TPSA) is 55.4 Å². The minimum atomic E-state index is -0.914. The van der Waals surface area contributed by atoms with Crippen molar-refractivity contribution in [3.8, 4) is 0 Å². The van der Waals surface area contributed by atoms with Crippen molar-refractivity contribution in [2.45, 2.75) is 44.2 Å². The molecule has 1 aromatic carbocycles. The van der Waals surface area contributed by atoms with Crippen LogP contribution >= 0.6 is 11.3 Å². The van der Waals surface area contributed by atoms with Crippen molar-refractivity contribution in [3.05, 3.63) is 58.3 Å². The SMILES string of the molecule is O=C(O[C@H](C(=O)NC1CCCCC1)c1ccccc1)c1cccs1. The molecular weight excluding hydrogens is 322 g/mol. The third kappa shape index (κ3) is 4.23. The van der Waals surface area contributed by atoms with Gasteiger partial charge in [-0.25, -0.2) is 4.79 Å². The molecule has 0 radical (unpaired) electrons. The zero-order valence-electron chi connectivity index (χ0n) is 13.4. The van der Waals surface area contributed by atoms with Crippen LogP contribution in [0.25, 0.3) is 0 Å². The van der Waals surface area contributed by atoms with Crippen LogP contribution in [0.15, 0.2) is 47.8 Å². The van der Waals surface area contributed by atoms with Gasteiger partial charge in [0, 0.05) is 11.6 Å². The van der Waals surface area contributed by atoms with Crippen LogP contribution in [0.2, 0.25) is 0 Å². The number of amides is 1. The second kappa shape index (κ2) is 8.11. The van der Waals surface area contributed by atoms with E-state index in [2.05, 4.69) is 5.32 Å². The standard InChI is InChI=1S/C19H21NO3S/c21-18(20-15-10-5-2-6-11-15)17(14-8-3-1-4-9-14)23-19(22)16-12-7-13-24-16/h1,3-4,7-9,12-13,15,17H,2,5-6,10-11H2,(H,20,21)/t17-/m0/s1. The van der Waals surface area contributed by atoms with Gasteiger partial charge in [-0.3, -0.25) is 4.79 Å². The minimum Gasteiger partial charge on any atom is -0.443 e. The number of hydrogen-bond donors (Lipinski definition) is 1. The summed E-state index contributed by atoms with van der Waals surface area (Å²) < 4.78 is 5.54. The fourth-order valence-electron chi connectivity index (χ4n) is 2.98. The molecule has 1 aromatic heterocycles. The van der Waals surface area contributed by atoms with E-state index in [1.54, 1.807) is 12.1 Å². The van der Waals surface area contributed by atoms with E-state index in [1.807, 2.05) is 35.7 Å². The van der Waals surface area contributed by atoms with Gasteiger partial charge < -0.3 is 10.1 Å². The highest BCUT2D eigenvalue weighted by molar-refractivity contribution is 7.11. The van der Waals surface area contributed by atoms with Crippen molar-refractivity contribution in [1.82, 2.24) is 5.32 Å². The van der Waals surface area contributed by atoms with Gasteiger partial charge in [-0.15, -0.1) is 11.3 Å². The molecule has 126 valence electrons. The summed E-state index contributed by atoms with van der Waals surface area (Å²) in [7, 11) is 0. The average Bonchev–Trinajstić information content (AvgIpc) is 3.16. The highest BCUT2D eigenvalue weighted by atomic mass is 32.1. The number of carbonyl (C=O) groups excluding carboxylic acids is 2. The number of esters is 1. The molecule has 1 atom stereocenters. The molecule has 24 heavy (non-hydrogen) atoms. The second-order valence-corrected chi connectivity index (χ2v) is 6.96. The van der Waals surface area contributed by atoms with Crippen LogP contribution in [0.3, 0.4) is 0 Å². The number of nitrogens with one attached hydrogen (secondary N) is 1. The Morgan fingerprint density at radius 1 is 1.04 bits per heavy atom. The Labute approximate surface area is 145 Å². The molecule has 0 saturated heterocycles.